The summed E-state index contributed by atoms with van der Waals surface area (Å²) in [4.78, 5) is 11.1. The van der Waals surface area contributed by atoms with Crippen LogP contribution in [-0.4, -0.2) is 36.7 Å². The number of sulfone groups is 1. The third-order valence-electron chi connectivity index (χ3n) is 1.98. The highest BCUT2D eigenvalue weighted by Gasteiger charge is 2.10. The second kappa shape index (κ2) is 3.75. The molecule has 7 heteroatoms. The van der Waals surface area contributed by atoms with Crippen LogP contribution in [0.2, 0.25) is 0 Å². The molecule has 0 radical (unpaired) electrons. The number of nitrogens with one attached hydrogen (secondary N) is 1. The smallest absolute Gasteiger partial charge is 0.215 e. The first-order valence-corrected chi connectivity index (χ1v) is 6.61. The Balaban J connectivity index is 2.44. The maximum atomic E-state index is 11.1. The van der Waals surface area contributed by atoms with Crippen molar-refractivity contribution in [2.45, 2.75) is 5.75 Å². The number of hydrogen-bond acceptors (Lipinski definition) is 5. The Bertz CT molecular complexity index is 618. The minimum atomic E-state index is -3.09. The fourth-order valence-corrected chi connectivity index (χ4v) is 1.99. The first-order valence-electron chi connectivity index (χ1n) is 4.55. The molecule has 6 nitrogen and oxygen atoms in total. The van der Waals surface area contributed by atoms with Crippen LogP contribution in [0.3, 0.4) is 0 Å². The minimum absolute atomic E-state index is 0.119. The number of methoxy groups -OCH3 is 1. The van der Waals surface area contributed by atoms with Crippen molar-refractivity contribution in [3.05, 3.63) is 18.0 Å². The Morgan fingerprint density at radius 2 is 2.12 bits per heavy atom. The molecule has 0 aromatic carbocycles. The van der Waals surface area contributed by atoms with Crippen molar-refractivity contribution in [2.75, 3.05) is 13.4 Å². The predicted molar refractivity (Wildman–Crippen MR) is 59.0 cm³/mol. The average molecular weight is 241 g/mol. The Morgan fingerprint density at radius 1 is 1.38 bits per heavy atom. The maximum absolute atomic E-state index is 11.1. The van der Waals surface area contributed by atoms with Crippen LogP contribution in [0.5, 0.6) is 5.88 Å². The van der Waals surface area contributed by atoms with Crippen LogP contribution in [0.4, 0.5) is 0 Å². The number of imidazole rings is 1. The van der Waals surface area contributed by atoms with Gasteiger partial charge < -0.3 is 9.72 Å². The maximum Gasteiger partial charge on any atom is 0.215 e. The van der Waals surface area contributed by atoms with Gasteiger partial charge in [-0.3, -0.25) is 0 Å². The van der Waals surface area contributed by atoms with Crippen LogP contribution in [0.1, 0.15) is 5.82 Å². The molecule has 0 aliphatic rings. The molecule has 2 aromatic heterocycles. The largest absolute Gasteiger partial charge is 0.481 e. The number of ether oxygens (including phenoxy) is 1. The molecule has 0 atom stereocenters. The number of aromatic nitrogens is 3. The summed E-state index contributed by atoms with van der Waals surface area (Å²) < 4.78 is 27.1. The number of pyridine rings is 1. The van der Waals surface area contributed by atoms with Gasteiger partial charge in [0.25, 0.3) is 0 Å². The topological polar surface area (TPSA) is 84.9 Å². The van der Waals surface area contributed by atoms with Crippen molar-refractivity contribution in [1.82, 2.24) is 15.0 Å². The monoisotopic (exact) mass is 241 g/mol. The van der Waals surface area contributed by atoms with Crippen molar-refractivity contribution in [1.29, 1.82) is 0 Å². The van der Waals surface area contributed by atoms with Crippen LogP contribution < -0.4 is 4.74 Å². The summed E-state index contributed by atoms with van der Waals surface area (Å²) in [6.45, 7) is 0. The van der Waals surface area contributed by atoms with Crippen LogP contribution >= 0.6 is 0 Å². The van der Waals surface area contributed by atoms with Gasteiger partial charge in [0.15, 0.2) is 15.5 Å². The summed E-state index contributed by atoms with van der Waals surface area (Å²) in [6, 6.07) is 3.44. The third-order valence-corrected chi connectivity index (χ3v) is 2.78. The summed E-state index contributed by atoms with van der Waals surface area (Å²) >= 11 is 0. The molecule has 86 valence electrons. The molecule has 2 heterocycles. The quantitative estimate of drug-likeness (QED) is 0.846. The van der Waals surface area contributed by atoms with Crippen molar-refractivity contribution in [3.63, 3.8) is 0 Å². The molecular weight excluding hydrogens is 230 g/mol. The zero-order chi connectivity index (χ0) is 11.8. The first-order chi connectivity index (χ1) is 7.48. The molecule has 0 saturated heterocycles. The van der Waals surface area contributed by atoms with E-state index in [1.165, 1.54) is 7.11 Å². The summed E-state index contributed by atoms with van der Waals surface area (Å²) in [7, 11) is -1.58. The molecule has 16 heavy (non-hydrogen) atoms. The van der Waals surface area contributed by atoms with E-state index >= 15 is 0 Å². The highest BCUT2D eigenvalue weighted by Crippen LogP contribution is 2.14. The van der Waals surface area contributed by atoms with Gasteiger partial charge in [-0.15, -0.1) is 0 Å². The van der Waals surface area contributed by atoms with E-state index in [9.17, 15) is 8.42 Å². The molecular formula is C9H11N3O3S. The summed E-state index contributed by atoms with van der Waals surface area (Å²) in [6.07, 6.45) is 1.16. The number of aromatic amines is 1. The van der Waals surface area contributed by atoms with Gasteiger partial charge in [-0.25, -0.2) is 13.4 Å². The van der Waals surface area contributed by atoms with Gasteiger partial charge in [-0.1, -0.05) is 0 Å². The normalized spacial score (nSPS) is 11.9. The second-order valence-electron chi connectivity index (χ2n) is 3.48. The van der Waals surface area contributed by atoms with Crippen molar-refractivity contribution >= 4 is 21.0 Å². The first kappa shape index (κ1) is 10.9. The zero-order valence-corrected chi connectivity index (χ0v) is 9.71. The molecule has 0 spiro atoms. The van der Waals surface area contributed by atoms with E-state index in [0.29, 0.717) is 22.9 Å². The van der Waals surface area contributed by atoms with Gasteiger partial charge in [0.2, 0.25) is 5.88 Å². The number of nitrogens with zero attached hydrogens (tertiary/aromatic N) is 2. The van der Waals surface area contributed by atoms with E-state index in [2.05, 4.69) is 15.0 Å². The van der Waals surface area contributed by atoms with Gasteiger partial charge >= 0.3 is 0 Å². The summed E-state index contributed by atoms with van der Waals surface area (Å²) in [5.74, 6) is 0.717. The Kier molecular flexibility index (Phi) is 2.55. The molecule has 2 aromatic rings. The van der Waals surface area contributed by atoms with E-state index in [1.807, 2.05) is 0 Å². The molecule has 0 saturated carbocycles. The zero-order valence-electron chi connectivity index (χ0n) is 8.89. The van der Waals surface area contributed by atoms with E-state index < -0.39 is 9.84 Å². The van der Waals surface area contributed by atoms with Crippen molar-refractivity contribution < 1.29 is 13.2 Å². The molecule has 0 amide bonds. The lowest BCUT2D eigenvalue weighted by Crippen LogP contribution is -2.01. The van der Waals surface area contributed by atoms with E-state index in [-0.39, 0.29) is 5.75 Å². The van der Waals surface area contributed by atoms with Crippen LogP contribution in [0.15, 0.2) is 12.1 Å². The summed E-state index contributed by atoms with van der Waals surface area (Å²) in [5, 5.41) is 0. The van der Waals surface area contributed by atoms with Crippen molar-refractivity contribution in [2.24, 2.45) is 0 Å². The van der Waals surface area contributed by atoms with E-state index in [0.717, 1.165) is 6.26 Å². The predicted octanol–water partition coefficient (Wildman–Crippen LogP) is 0.511. The minimum Gasteiger partial charge on any atom is -0.481 e. The Hall–Kier alpha value is -1.63. The lowest BCUT2D eigenvalue weighted by molar-refractivity contribution is 0.399. The lowest BCUT2D eigenvalue weighted by Gasteiger charge is -1.95. The van der Waals surface area contributed by atoms with Crippen LogP contribution in [0.25, 0.3) is 11.2 Å². The van der Waals surface area contributed by atoms with Gasteiger partial charge in [-0.05, 0) is 6.07 Å². The van der Waals surface area contributed by atoms with E-state index in [4.69, 9.17) is 4.74 Å². The average Bonchev–Trinajstić information content (AvgIpc) is 2.55. The molecule has 0 bridgehead atoms. The molecule has 0 fully saturated rings. The SMILES string of the molecule is COc1ccc2[nH]c(CS(C)(=O)=O)nc2n1. The Morgan fingerprint density at radius 3 is 2.75 bits per heavy atom. The van der Waals surface area contributed by atoms with Crippen LogP contribution in [0, 0.1) is 0 Å². The highest BCUT2D eigenvalue weighted by atomic mass is 32.2. The highest BCUT2D eigenvalue weighted by molar-refractivity contribution is 7.89. The van der Waals surface area contributed by atoms with Crippen LogP contribution in [-0.2, 0) is 15.6 Å². The molecule has 0 unspecified atom stereocenters. The molecule has 1 N–H and O–H groups in total. The van der Waals surface area contributed by atoms with Gasteiger partial charge in [0.05, 0.1) is 12.6 Å². The number of fused-ring (bicyclic) bond motifs is 1. The fourth-order valence-electron chi connectivity index (χ4n) is 1.36. The molecule has 0 aliphatic heterocycles. The van der Waals surface area contributed by atoms with E-state index in [1.54, 1.807) is 12.1 Å². The second-order valence-corrected chi connectivity index (χ2v) is 5.62. The summed E-state index contributed by atoms with van der Waals surface area (Å²) in [5.41, 5.74) is 1.15. The standard InChI is InChI=1S/C9H11N3O3S/c1-15-8-4-3-6-9(12-8)11-7(10-6)5-16(2,13)14/h3-4H,5H2,1-2H3,(H,10,11,12). The third kappa shape index (κ3) is 2.30. The van der Waals surface area contributed by atoms with Gasteiger partial charge in [0.1, 0.15) is 11.6 Å². The fraction of sp³-hybridized carbons (Fsp3) is 0.333. The number of H-pyrrole nitrogens is 1. The number of hydrogen-bond donors (Lipinski definition) is 1. The molecule has 2 rings (SSSR count). The van der Waals surface area contributed by atoms with Gasteiger partial charge in [0, 0.05) is 12.3 Å². The number of rotatable bonds is 3. The molecule has 0 aliphatic carbocycles. The lowest BCUT2D eigenvalue weighted by atomic mass is 10.4. The Labute approximate surface area is 92.6 Å². The van der Waals surface area contributed by atoms with Crippen molar-refractivity contribution in [3.8, 4) is 5.88 Å². The van der Waals surface area contributed by atoms with Gasteiger partial charge in [-0.2, -0.15) is 4.98 Å².